The van der Waals surface area contributed by atoms with E-state index < -0.39 is 30.1 Å². The van der Waals surface area contributed by atoms with Crippen LogP contribution in [0.1, 0.15) is 37.7 Å². The number of nitrogens with zero attached hydrogens (tertiary/aromatic N) is 2. The highest BCUT2D eigenvalue weighted by atomic mass is 16.6. The first-order valence-electron chi connectivity index (χ1n) is 10.1. The summed E-state index contributed by atoms with van der Waals surface area (Å²) < 4.78 is 5.22. The van der Waals surface area contributed by atoms with Crippen molar-refractivity contribution >= 4 is 23.9 Å². The number of imide groups is 1. The molecule has 9 N–H and O–H groups in total. The summed E-state index contributed by atoms with van der Waals surface area (Å²) in [4.78, 5) is 41.9. The number of hydrogen-bond donors (Lipinski definition) is 5. The van der Waals surface area contributed by atoms with E-state index >= 15 is 0 Å². The molecule has 0 fully saturated rings. The number of carboxylic acid groups (broad SMARTS) is 1. The maximum Gasteiger partial charge on any atom is 0.417 e. The topological polar surface area (TPSA) is 200 Å². The highest BCUT2D eigenvalue weighted by Gasteiger charge is 2.37. The van der Waals surface area contributed by atoms with Crippen LogP contribution in [0.3, 0.4) is 0 Å². The van der Waals surface area contributed by atoms with Crippen LogP contribution in [0, 0.1) is 0 Å². The summed E-state index contributed by atoms with van der Waals surface area (Å²) in [7, 11) is 0. The summed E-state index contributed by atoms with van der Waals surface area (Å²) in [5.41, 5.74) is 22.6. The van der Waals surface area contributed by atoms with Crippen molar-refractivity contribution in [1.29, 1.82) is 0 Å². The van der Waals surface area contributed by atoms with Crippen LogP contribution in [0.5, 0.6) is 0 Å². The average Bonchev–Trinajstić information content (AvgIpc) is 2.74. The Morgan fingerprint density at radius 3 is 2.32 bits per heavy atom. The lowest BCUT2D eigenvalue weighted by Crippen LogP contribution is -2.54. The molecule has 11 heteroatoms. The number of carbonyl (C=O) groups excluding carboxylic acids is 2. The molecule has 0 aliphatic carbocycles. The number of carbonyl (C=O) groups is 3. The van der Waals surface area contributed by atoms with Gasteiger partial charge in [0, 0.05) is 6.54 Å². The lowest BCUT2D eigenvalue weighted by atomic mass is 10.1. The molecule has 0 aliphatic rings. The number of unbranched alkanes of at least 4 members (excludes halogenated alkanes) is 1. The SMILES string of the molecule is NCCCC[C@@H](C(=O)O)N(C(=O)OCc1ccccc1)C(=O)[C@@H](N)CCCN=C(N)N. The minimum absolute atomic E-state index is 0.0411. The molecule has 0 heterocycles. The minimum Gasteiger partial charge on any atom is -0.480 e. The van der Waals surface area contributed by atoms with Crippen molar-refractivity contribution in [3.63, 3.8) is 0 Å². The molecule has 1 aromatic rings. The van der Waals surface area contributed by atoms with Gasteiger partial charge in [-0.25, -0.2) is 14.5 Å². The molecule has 0 spiro atoms. The van der Waals surface area contributed by atoms with Crippen molar-refractivity contribution < 1.29 is 24.2 Å². The Morgan fingerprint density at radius 1 is 1.06 bits per heavy atom. The van der Waals surface area contributed by atoms with E-state index in [-0.39, 0.29) is 32.0 Å². The number of aliphatic imine (C=N–C) groups is 1. The number of ether oxygens (including phenoxy) is 1. The molecule has 0 aliphatic heterocycles. The summed E-state index contributed by atoms with van der Waals surface area (Å²) in [6.07, 6.45) is 0.488. The predicted octanol–water partition coefficient (Wildman–Crippen LogP) is 0.115. The van der Waals surface area contributed by atoms with E-state index in [2.05, 4.69) is 4.99 Å². The fourth-order valence-electron chi connectivity index (χ4n) is 2.83. The molecular weight excluding hydrogens is 404 g/mol. The van der Waals surface area contributed by atoms with E-state index in [0.717, 1.165) is 0 Å². The Labute approximate surface area is 181 Å². The number of benzene rings is 1. The molecule has 0 saturated carbocycles. The zero-order valence-electron chi connectivity index (χ0n) is 17.5. The number of rotatable bonds is 13. The molecule has 2 amide bonds. The average molecular weight is 437 g/mol. The fraction of sp³-hybridized carbons (Fsp3) is 0.500. The van der Waals surface area contributed by atoms with E-state index in [0.29, 0.717) is 36.3 Å². The van der Waals surface area contributed by atoms with Crippen LogP contribution < -0.4 is 22.9 Å². The largest absolute Gasteiger partial charge is 0.480 e. The summed E-state index contributed by atoms with van der Waals surface area (Å²) in [5.74, 6) is -2.24. The smallest absolute Gasteiger partial charge is 0.417 e. The van der Waals surface area contributed by atoms with Gasteiger partial charge < -0.3 is 32.8 Å². The first kappa shape index (κ1) is 25.9. The van der Waals surface area contributed by atoms with E-state index in [1.165, 1.54) is 0 Å². The van der Waals surface area contributed by atoms with Gasteiger partial charge in [-0.3, -0.25) is 9.79 Å². The van der Waals surface area contributed by atoms with Crippen molar-refractivity contribution in [3.05, 3.63) is 35.9 Å². The minimum atomic E-state index is -1.41. The summed E-state index contributed by atoms with van der Waals surface area (Å²) in [6.45, 7) is 0.502. The number of hydrogen-bond acceptors (Lipinski definition) is 7. The third-order valence-corrected chi connectivity index (χ3v) is 4.45. The Balaban J connectivity index is 2.95. The van der Waals surface area contributed by atoms with Gasteiger partial charge in [0.1, 0.15) is 12.6 Å². The van der Waals surface area contributed by atoms with Gasteiger partial charge >= 0.3 is 12.1 Å². The van der Waals surface area contributed by atoms with Gasteiger partial charge in [0.2, 0.25) is 5.91 Å². The van der Waals surface area contributed by atoms with Crippen molar-refractivity contribution in [3.8, 4) is 0 Å². The van der Waals surface area contributed by atoms with Gasteiger partial charge in [-0.2, -0.15) is 0 Å². The molecule has 0 aromatic heterocycles. The Hall–Kier alpha value is -3.18. The van der Waals surface area contributed by atoms with Gasteiger partial charge in [-0.05, 0) is 44.2 Å². The van der Waals surface area contributed by atoms with Crippen molar-refractivity contribution in [2.75, 3.05) is 13.1 Å². The van der Waals surface area contributed by atoms with Gasteiger partial charge in [0.05, 0.1) is 6.04 Å². The lowest BCUT2D eigenvalue weighted by Gasteiger charge is -2.28. The normalized spacial score (nSPS) is 12.5. The summed E-state index contributed by atoms with van der Waals surface area (Å²) in [5, 5.41) is 9.66. The van der Waals surface area contributed by atoms with E-state index in [4.69, 9.17) is 27.7 Å². The van der Waals surface area contributed by atoms with Crippen LogP contribution in [0.25, 0.3) is 0 Å². The zero-order valence-corrected chi connectivity index (χ0v) is 17.5. The number of guanidine groups is 1. The standard InChI is InChI=1S/C20H32N6O5/c21-11-5-4-10-16(18(28)29)26(17(27)15(22)9-6-12-25-19(23)24)20(30)31-13-14-7-2-1-3-8-14/h1-3,7-8,15-16H,4-6,9-13,21-22H2,(H,28,29)(H4,23,24,25)/t15-,16-/m0/s1. The van der Waals surface area contributed by atoms with Crippen LogP contribution in [0.2, 0.25) is 0 Å². The highest BCUT2D eigenvalue weighted by molar-refractivity contribution is 5.98. The molecule has 1 aromatic carbocycles. The van der Waals surface area contributed by atoms with Crippen LogP contribution in [0.4, 0.5) is 4.79 Å². The van der Waals surface area contributed by atoms with Gasteiger partial charge in [0.15, 0.2) is 5.96 Å². The number of carboxylic acids is 1. The predicted molar refractivity (Wildman–Crippen MR) is 116 cm³/mol. The first-order valence-corrected chi connectivity index (χ1v) is 10.1. The lowest BCUT2D eigenvalue weighted by molar-refractivity contribution is -0.149. The number of aliphatic carboxylic acids is 1. The summed E-state index contributed by atoms with van der Waals surface area (Å²) >= 11 is 0. The van der Waals surface area contributed by atoms with Crippen LogP contribution >= 0.6 is 0 Å². The van der Waals surface area contributed by atoms with Crippen molar-refractivity contribution in [2.45, 2.75) is 50.8 Å². The van der Waals surface area contributed by atoms with Gasteiger partial charge in [-0.15, -0.1) is 0 Å². The van der Waals surface area contributed by atoms with Crippen molar-refractivity contribution in [2.24, 2.45) is 27.9 Å². The molecule has 0 saturated heterocycles. The second-order valence-corrected chi connectivity index (χ2v) is 6.94. The molecule has 2 atom stereocenters. The fourth-order valence-corrected chi connectivity index (χ4v) is 2.83. The molecule has 0 unspecified atom stereocenters. The van der Waals surface area contributed by atoms with E-state index in [1.54, 1.807) is 30.3 Å². The maximum absolute atomic E-state index is 12.9. The quantitative estimate of drug-likeness (QED) is 0.162. The first-order chi connectivity index (χ1) is 14.8. The molecule has 11 nitrogen and oxygen atoms in total. The summed E-state index contributed by atoms with van der Waals surface area (Å²) in [6, 6.07) is 6.30. The van der Waals surface area contributed by atoms with Gasteiger partial charge in [0.25, 0.3) is 0 Å². The van der Waals surface area contributed by atoms with E-state index in [9.17, 15) is 19.5 Å². The second-order valence-electron chi connectivity index (χ2n) is 6.94. The molecule has 31 heavy (non-hydrogen) atoms. The van der Waals surface area contributed by atoms with Crippen LogP contribution in [-0.2, 0) is 20.9 Å². The maximum atomic E-state index is 12.9. The third-order valence-electron chi connectivity index (χ3n) is 4.45. The Bertz CT molecular complexity index is 739. The van der Waals surface area contributed by atoms with Gasteiger partial charge in [-0.1, -0.05) is 30.3 Å². The molecule has 172 valence electrons. The highest BCUT2D eigenvalue weighted by Crippen LogP contribution is 2.15. The monoisotopic (exact) mass is 436 g/mol. The van der Waals surface area contributed by atoms with E-state index in [1.807, 2.05) is 0 Å². The van der Waals surface area contributed by atoms with Crippen LogP contribution in [0.15, 0.2) is 35.3 Å². The molecule has 1 rings (SSSR count). The second kappa shape index (κ2) is 13.9. The molecule has 0 bridgehead atoms. The Morgan fingerprint density at radius 2 is 1.74 bits per heavy atom. The van der Waals surface area contributed by atoms with Crippen molar-refractivity contribution in [1.82, 2.24) is 4.90 Å². The third kappa shape index (κ3) is 9.45. The Kier molecular flexibility index (Phi) is 11.6. The molecule has 0 radical (unpaired) electrons. The number of nitrogens with two attached hydrogens (primary N) is 4. The zero-order chi connectivity index (χ0) is 23.2. The molecular formula is C20H32N6O5. The van der Waals surface area contributed by atoms with Crippen LogP contribution in [-0.4, -0.2) is 59.1 Å². The number of amides is 2.